The van der Waals surface area contributed by atoms with E-state index in [1.54, 1.807) is 6.20 Å². The van der Waals surface area contributed by atoms with Crippen LogP contribution in [0.2, 0.25) is 0 Å². The molecule has 1 amide bonds. The zero-order valence-corrected chi connectivity index (χ0v) is 11.0. The lowest BCUT2D eigenvalue weighted by Gasteiger charge is -2.28. The van der Waals surface area contributed by atoms with Crippen molar-refractivity contribution >= 4 is 11.8 Å². The number of fused-ring (bicyclic) bond motifs is 1. The van der Waals surface area contributed by atoms with Crippen molar-refractivity contribution in [1.82, 2.24) is 10.3 Å². The molecule has 98 valence electrons. The summed E-state index contributed by atoms with van der Waals surface area (Å²) in [6.07, 6.45) is 3.98. The van der Waals surface area contributed by atoms with Gasteiger partial charge in [-0.2, -0.15) is 0 Å². The molecule has 0 saturated heterocycles. The van der Waals surface area contributed by atoms with Gasteiger partial charge < -0.3 is 15.4 Å². The molecular weight excluding hydrogens is 230 g/mol. The van der Waals surface area contributed by atoms with Crippen LogP contribution in [0.4, 0.5) is 10.5 Å². The van der Waals surface area contributed by atoms with Gasteiger partial charge in [0.2, 0.25) is 0 Å². The molecule has 1 aliphatic heterocycles. The normalized spacial score (nSPS) is 18.5. The number of pyridine rings is 1. The molecule has 0 bridgehead atoms. The highest BCUT2D eigenvalue weighted by Crippen LogP contribution is 2.20. The molecule has 1 aromatic heterocycles. The first kappa shape index (κ1) is 12.7. The summed E-state index contributed by atoms with van der Waals surface area (Å²) in [5.74, 6) is 0. The second-order valence-electron chi connectivity index (χ2n) is 5.46. The molecule has 18 heavy (non-hydrogen) atoms. The van der Waals surface area contributed by atoms with Crippen molar-refractivity contribution in [3.8, 4) is 0 Å². The minimum absolute atomic E-state index is 0.0385. The number of anilines is 1. The van der Waals surface area contributed by atoms with Crippen molar-refractivity contribution in [2.75, 3.05) is 11.9 Å². The number of carbonyl (C=O) groups is 1. The standard InChI is InChI=1S/C13H19N3O2/c1-13(2,3)18-12(17)16-10-6-9-7-14-5-4-11(9)15-8-10/h4-5,7,10,15H,6,8H2,1-3H3,(H,16,17). The van der Waals surface area contributed by atoms with E-state index in [9.17, 15) is 4.79 Å². The highest BCUT2D eigenvalue weighted by Gasteiger charge is 2.22. The van der Waals surface area contributed by atoms with Gasteiger partial charge in [0.1, 0.15) is 5.60 Å². The van der Waals surface area contributed by atoms with Crippen LogP contribution in [0.3, 0.4) is 0 Å². The first-order valence-electron chi connectivity index (χ1n) is 6.10. The number of hydrogen-bond donors (Lipinski definition) is 2. The minimum Gasteiger partial charge on any atom is -0.444 e. The zero-order valence-electron chi connectivity index (χ0n) is 11.0. The van der Waals surface area contributed by atoms with Gasteiger partial charge in [0.25, 0.3) is 0 Å². The molecule has 0 fully saturated rings. The Morgan fingerprint density at radius 3 is 3.06 bits per heavy atom. The fraction of sp³-hybridized carbons (Fsp3) is 0.538. The molecule has 0 aliphatic carbocycles. The van der Waals surface area contributed by atoms with E-state index in [-0.39, 0.29) is 12.1 Å². The van der Waals surface area contributed by atoms with Crippen LogP contribution < -0.4 is 10.6 Å². The van der Waals surface area contributed by atoms with Gasteiger partial charge in [0.15, 0.2) is 0 Å². The summed E-state index contributed by atoms with van der Waals surface area (Å²) in [6.45, 7) is 6.26. The summed E-state index contributed by atoms with van der Waals surface area (Å²) in [6, 6.07) is 1.98. The third kappa shape index (κ3) is 3.35. The number of carbonyl (C=O) groups excluding carboxylic acids is 1. The van der Waals surface area contributed by atoms with Gasteiger partial charge in [-0.05, 0) is 38.8 Å². The predicted molar refractivity (Wildman–Crippen MR) is 69.6 cm³/mol. The summed E-state index contributed by atoms with van der Waals surface area (Å²) in [7, 11) is 0. The van der Waals surface area contributed by atoms with Gasteiger partial charge in [-0.25, -0.2) is 4.79 Å². The van der Waals surface area contributed by atoms with Crippen LogP contribution in [0.5, 0.6) is 0 Å². The lowest BCUT2D eigenvalue weighted by atomic mass is 10.0. The largest absolute Gasteiger partial charge is 0.444 e. The van der Waals surface area contributed by atoms with Crippen LogP contribution in [0.25, 0.3) is 0 Å². The fourth-order valence-corrected chi connectivity index (χ4v) is 1.91. The first-order valence-corrected chi connectivity index (χ1v) is 6.10. The Kier molecular flexibility index (Phi) is 3.41. The van der Waals surface area contributed by atoms with E-state index in [0.717, 1.165) is 17.7 Å². The van der Waals surface area contributed by atoms with Gasteiger partial charge >= 0.3 is 6.09 Å². The van der Waals surface area contributed by atoms with Gasteiger partial charge in [0, 0.05) is 24.6 Å². The van der Waals surface area contributed by atoms with Crippen molar-refractivity contribution in [1.29, 1.82) is 0 Å². The SMILES string of the molecule is CC(C)(C)OC(=O)NC1CNc2ccncc2C1. The molecule has 2 N–H and O–H groups in total. The number of ether oxygens (including phenoxy) is 1. The number of alkyl carbamates (subject to hydrolysis) is 1. The number of hydrogen-bond acceptors (Lipinski definition) is 4. The Balaban J connectivity index is 1.92. The van der Waals surface area contributed by atoms with Crippen LogP contribution >= 0.6 is 0 Å². The van der Waals surface area contributed by atoms with E-state index in [1.807, 2.05) is 33.0 Å². The summed E-state index contributed by atoms with van der Waals surface area (Å²) < 4.78 is 5.23. The van der Waals surface area contributed by atoms with Crippen LogP contribution in [-0.2, 0) is 11.2 Å². The maximum atomic E-state index is 11.7. The van der Waals surface area contributed by atoms with Crippen LogP contribution in [-0.4, -0.2) is 29.3 Å². The van der Waals surface area contributed by atoms with Gasteiger partial charge in [-0.1, -0.05) is 0 Å². The number of nitrogens with zero attached hydrogens (tertiary/aromatic N) is 1. The molecule has 1 atom stereocenters. The number of nitrogens with one attached hydrogen (secondary N) is 2. The van der Waals surface area contributed by atoms with E-state index >= 15 is 0 Å². The smallest absolute Gasteiger partial charge is 0.407 e. The van der Waals surface area contributed by atoms with Crippen molar-refractivity contribution < 1.29 is 9.53 Å². The third-order valence-electron chi connectivity index (χ3n) is 2.63. The summed E-state index contributed by atoms with van der Waals surface area (Å²) in [5, 5.41) is 6.14. The molecule has 0 radical (unpaired) electrons. The predicted octanol–water partition coefficient (Wildman–Crippen LogP) is 1.94. The van der Waals surface area contributed by atoms with E-state index in [2.05, 4.69) is 15.6 Å². The van der Waals surface area contributed by atoms with Gasteiger partial charge in [0.05, 0.1) is 6.04 Å². The Bertz CT molecular complexity index is 440. The molecule has 1 aromatic rings. The Morgan fingerprint density at radius 1 is 1.56 bits per heavy atom. The van der Waals surface area contributed by atoms with E-state index < -0.39 is 5.60 Å². The molecule has 2 rings (SSSR count). The second-order valence-corrected chi connectivity index (χ2v) is 5.46. The Morgan fingerprint density at radius 2 is 2.33 bits per heavy atom. The molecule has 1 unspecified atom stereocenters. The Labute approximate surface area is 107 Å². The first-order chi connectivity index (χ1) is 8.44. The second kappa shape index (κ2) is 4.84. The number of rotatable bonds is 1. The maximum absolute atomic E-state index is 11.7. The quantitative estimate of drug-likeness (QED) is 0.798. The molecule has 0 saturated carbocycles. The lowest BCUT2D eigenvalue weighted by Crippen LogP contribution is -2.45. The molecule has 0 aromatic carbocycles. The summed E-state index contributed by atoms with van der Waals surface area (Å²) >= 11 is 0. The van der Waals surface area contributed by atoms with Crippen molar-refractivity contribution in [2.45, 2.75) is 38.8 Å². The molecule has 5 nitrogen and oxygen atoms in total. The van der Waals surface area contributed by atoms with E-state index in [0.29, 0.717) is 6.54 Å². The number of amides is 1. The average Bonchev–Trinajstić information content (AvgIpc) is 2.26. The van der Waals surface area contributed by atoms with Crippen molar-refractivity contribution in [2.24, 2.45) is 0 Å². The fourth-order valence-electron chi connectivity index (χ4n) is 1.91. The summed E-state index contributed by atoms with van der Waals surface area (Å²) in [5.41, 5.74) is 1.74. The highest BCUT2D eigenvalue weighted by atomic mass is 16.6. The lowest BCUT2D eigenvalue weighted by molar-refractivity contribution is 0.0506. The monoisotopic (exact) mass is 249 g/mol. The molecule has 5 heteroatoms. The molecule has 0 spiro atoms. The molecular formula is C13H19N3O2. The van der Waals surface area contributed by atoms with E-state index in [4.69, 9.17) is 4.74 Å². The van der Waals surface area contributed by atoms with Crippen LogP contribution in [0.1, 0.15) is 26.3 Å². The van der Waals surface area contributed by atoms with Crippen LogP contribution in [0, 0.1) is 0 Å². The van der Waals surface area contributed by atoms with Crippen LogP contribution in [0.15, 0.2) is 18.5 Å². The van der Waals surface area contributed by atoms with E-state index in [1.165, 1.54) is 0 Å². The topological polar surface area (TPSA) is 63.2 Å². The molecule has 2 heterocycles. The number of aromatic nitrogens is 1. The summed E-state index contributed by atoms with van der Waals surface area (Å²) in [4.78, 5) is 15.7. The zero-order chi connectivity index (χ0) is 13.2. The van der Waals surface area contributed by atoms with Gasteiger partial charge in [-0.15, -0.1) is 0 Å². The highest BCUT2D eigenvalue weighted by molar-refractivity contribution is 5.68. The van der Waals surface area contributed by atoms with Gasteiger partial charge in [-0.3, -0.25) is 4.98 Å². The Hall–Kier alpha value is -1.78. The third-order valence-corrected chi connectivity index (χ3v) is 2.63. The van der Waals surface area contributed by atoms with Crippen molar-refractivity contribution in [3.63, 3.8) is 0 Å². The molecule has 1 aliphatic rings. The minimum atomic E-state index is -0.467. The maximum Gasteiger partial charge on any atom is 0.407 e. The average molecular weight is 249 g/mol. The van der Waals surface area contributed by atoms with Crippen molar-refractivity contribution in [3.05, 3.63) is 24.0 Å².